The highest BCUT2D eigenvalue weighted by molar-refractivity contribution is 8.93. The summed E-state index contributed by atoms with van der Waals surface area (Å²) in [5.41, 5.74) is 1.61. The number of nitrogens with one attached hydrogen (secondary N) is 2. The number of benzene rings is 1. The monoisotopic (exact) mass is 313 g/mol. The molecule has 1 amide bonds. The van der Waals surface area contributed by atoms with Crippen LogP contribution in [0.1, 0.15) is 6.92 Å². The molecule has 0 saturated carbocycles. The van der Waals surface area contributed by atoms with Crippen molar-refractivity contribution in [3.8, 4) is 5.69 Å². The van der Waals surface area contributed by atoms with E-state index in [4.69, 9.17) is 5.41 Å². The molecule has 0 saturated heterocycles. The van der Waals surface area contributed by atoms with E-state index < -0.39 is 0 Å². The molecule has 90 valence electrons. The van der Waals surface area contributed by atoms with E-state index in [1.54, 1.807) is 4.57 Å². The summed E-state index contributed by atoms with van der Waals surface area (Å²) < 4.78 is 1.76. The van der Waals surface area contributed by atoms with Gasteiger partial charge in [-0.2, -0.15) is 0 Å². The Hall–Kier alpha value is -1.40. The van der Waals surface area contributed by atoms with Gasteiger partial charge in [0.05, 0.1) is 0 Å². The van der Waals surface area contributed by atoms with E-state index in [1.165, 1.54) is 18.3 Å². The molecule has 0 aliphatic heterocycles. The topological polar surface area (TPSA) is 57.9 Å². The molecule has 2 N–H and O–H groups in total. The Morgan fingerprint density at radius 1 is 1.47 bits per heavy atom. The third kappa shape index (κ3) is 3.28. The lowest BCUT2D eigenvalue weighted by molar-refractivity contribution is -0.114. The summed E-state index contributed by atoms with van der Waals surface area (Å²) in [4.78, 5) is 11.4. The molecule has 0 aliphatic carbocycles. The van der Waals surface area contributed by atoms with Crippen molar-refractivity contribution in [1.29, 1.82) is 5.41 Å². The van der Waals surface area contributed by atoms with Crippen molar-refractivity contribution in [1.82, 2.24) is 4.57 Å². The SMILES string of the molecule is Br.CC(=O)Nc1cccc(-n2ccsc2=N)c1. The average molecular weight is 314 g/mol. The molecule has 17 heavy (non-hydrogen) atoms. The Bertz CT molecular complexity index is 576. The average Bonchev–Trinajstić information content (AvgIpc) is 2.64. The number of hydrogen-bond donors (Lipinski definition) is 2. The summed E-state index contributed by atoms with van der Waals surface area (Å²) in [6, 6.07) is 7.41. The first-order valence-corrected chi connectivity index (χ1v) is 5.63. The first-order valence-electron chi connectivity index (χ1n) is 4.75. The van der Waals surface area contributed by atoms with Gasteiger partial charge in [0.25, 0.3) is 0 Å². The molecule has 0 unspecified atom stereocenters. The van der Waals surface area contributed by atoms with Crippen LogP contribution in [0.25, 0.3) is 5.69 Å². The van der Waals surface area contributed by atoms with Crippen molar-refractivity contribution < 1.29 is 4.79 Å². The number of anilines is 1. The highest BCUT2D eigenvalue weighted by Crippen LogP contribution is 2.13. The molecule has 0 radical (unpaired) electrons. The lowest BCUT2D eigenvalue weighted by Crippen LogP contribution is -2.10. The number of nitrogens with zero attached hydrogens (tertiary/aromatic N) is 1. The van der Waals surface area contributed by atoms with Crippen molar-refractivity contribution in [2.45, 2.75) is 6.92 Å². The molecule has 0 aliphatic rings. The molecule has 2 aromatic rings. The van der Waals surface area contributed by atoms with Crippen LogP contribution in [-0.2, 0) is 4.79 Å². The Morgan fingerprint density at radius 3 is 2.82 bits per heavy atom. The lowest BCUT2D eigenvalue weighted by Gasteiger charge is -2.06. The fourth-order valence-corrected chi connectivity index (χ4v) is 2.01. The third-order valence-electron chi connectivity index (χ3n) is 2.05. The van der Waals surface area contributed by atoms with Crippen LogP contribution < -0.4 is 10.1 Å². The summed E-state index contributed by atoms with van der Waals surface area (Å²) in [6.07, 6.45) is 1.83. The van der Waals surface area contributed by atoms with Gasteiger partial charge in [0, 0.05) is 29.9 Å². The summed E-state index contributed by atoms with van der Waals surface area (Å²) in [5.74, 6) is -0.0986. The Morgan fingerprint density at radius 2 is 2.24 bits per heavy atom. The summed E-state index contributed by atoms with van der Waals surface area (Å²) >= 11 is 1.36. The molecule has 0 fully saturated rings. The molecule has 1 aromatic heterocycles. The predicted molar refractivity (Wildman–Crippen MR) is 74.1 cm³/mol. The van der Waals surface area contributed by atoms with Crippen LogP contribution in [0.15, 0.2) is 35.8 Å². The van der Waals surface area contributed by atoms with Crippen molar-refractivity contribution in [2.24, 2.45) is 0 Å². The highest BCUT2D eigenvalue weighted by atomic mass is 79.9. The molecule has 1 aromatic carbocycles. The molecule has 2 rings (SSSR count). The minimum absolute atomic E-state index is 0. The van der Waals surface area contributed by atoms with E-state index in [0.29, 0.717) is 4.80 Å². The second-order valence-corrected chi connectivity index (χ2v) is 4.20. The second kappa shape index (κ2) is 5.79. The zero-order chi connectivity index (χ0) is 11.5. The number of thiazole rings is 1. The van der Waals surface area contributed by atoms with Gasteiger partial charge in [0.1, 0.15) is 0 Å². The van der Waals surface area contributed by atoms with Crippen molar-refractivity contribution in [2.75, 3.05) is 5.32 Å². The standard InChI is InChI=1S/C11H11N3OS.BrH/c1-8(15)13-9-3-2-4-10(7-9)14-5-6-16-11(14)12;/h2-7,12H,1H3,(H,13,15);1H. The summed E-state index contributed by atoms with van der Waals surface area (Å²) in [6.45, 7) is 1.47. The van der Waals surface area contributed by atoms with E-state index in [1.807, 2.05) is 35.8 Å². The number of carbonyl (C=O) groups is 1. The van der Waals surface area contributed by atoms with Gasteiger partial charge in [0.15, 0.2) is 4.80 Å². The van der Waals surface area contributed by atoms with Gasteiger partial charge in [-0.3, -0.25) is 14.8 Å². The van der Waals surface area contributed by atoms with Crippen LogP contribution in [0.3, 0.4) is 0 Å². The summed E-state index contributed by atoms with van der Waals surface area (Å²) in [7, 11) is 0. The predicted octanol–water partition coefficient (Wildman–Crippen LogP) is 2.55. The number of rotatable bonds is 2. The zero-order valence-electron chi connectivity index (χ0n) is 9.14. The Kier molecular flexibility index (Phi) is 4.65. The van der Waals surface area contributed by atoms with E-state index in [2.05, 4.69) is 5.32 Å². The fourth-order valence-electron chi connectivity index (χ4n) is 1.42. The molecular weight excluding hydrogens is 302 g/mol. The van der Waals surface area contributed by atoms with Crippen molar-refractivity contribution >= 4 is 39.9 Å². The van der Waals surface area contributed by atoms with Gasteiger partial charge >= 0.3 is 0 Å². The van der Waals surface area contributed by atoms with Crippen LogP contribution in [0, 0.1) is 5.41 Å². The van der Waals surface area contributed by atoms with Crippen LogP contribution in [0.5, 0.6) is 0 Å². The van der Waals surface area contributed by atoms with Crippen LogP contribution in [0.4, 0.5) is 5.69 Å². The zero-order valence-corrected chi connectivity index (χ0v) is 11.7. The van der Waals surface area contributed by atoms with Gasteiger partial charge < -0.3 is 5.32 Å². The number of amides is 1. The van der Waals surface area contributed by atoms with Gasteiger partial charge in [0.2, 0.25) is 5.91 Å². The number of hydrogen-bond acceptors (Lipinski definition) is 3. The van der Waals surface area contributed by atoms with E-state index >= 15 is 0 Å². The maximum absolute atomic E-state index is 10.9. The van der Waals surface area contributed by atoms with E-state index in [0.717, 1.165) is 11.4 Å². The maximum atomic E-state index is 10.9. The van der Waals surface area contributed by atoms with Crippen molar-refractivity contribution in [3.63, 3.8) is 0 Å². The largest absolute Gasteiger partial charge is 0.326 e. The first kappa shape index (κ1) is 13.7. The number of halogens is 1. The lowest BCUT2D eigenvalue weighted by atomic mass is 10.2. The molecule has 1 heterocycles. The van der Waals surface area contributed by atoms with Crippen LogP contribution in [-0.4, -0.2) is 10.5 Å². The molecule has 4 nitrogen and oxygen atoms in total. The van der Waals surface area contributed by atoms with E-state index in [-0.39, 0.29) is 22.9 Å². The number of aromatic nitrogens is 1. The third-order valence-corrected chi connectivity index (χ3v) is 2.73. The van der Waals surface area contributed by atoms with Gasteiger partial charge in [-0.05, 0) is 18.2 Å². The molecular formula is C11H12BrN3OS. The second-order valence-electron chi connectivity index (χ2n) is 3.31. The molecule has 0 spiro atoms. The van der Waals surface area contributed by atoms with Crippen LogP contribution >= 0.6 is 28.3 Å². The maximum Gasteiger partial charge on any atom is 0.221 e. The quantitative estimate of drug-likeness (QED) is 0.879. The minimum Gasteiger partial charge on any atom is -0.326 e. The smallest absolute Gasteiger partial charge is 0.221 e. The van der Waals surface area contributed by atoms with Crippen molar-refractivity contribution in [3.05, 3.63) is 40.6 Å². The first-order chi connectivity index (χ1) is 7.66. The van der Waals surface area contributed by atoms with Gasteiger partial charge in [-0.25, -0.2) is 0 Å². The normalized spacial score (nSPS) is 9.47. The molecule has 6 heteroatoms. The fraction of sp³-hybridized carbons (Fsp3) is 0.0909. The Labute approximate surface area is 113 Å². The van der Waals surface area contributed by atoms with Gasteiger partial charge in [-0.15, -0.1) is 28.3 Å². The summed E-state index contributed by atoms with van der Waals surface area (Å²) in [5, 5.41) is 12.3. The molecule has 0 bridgehead atoms. The highest BCUT2D eigenvalue weighted by Gasteiger charge is 2.00. The number of carbonyl (C=O) groups excluding carboxylic acids is 1. The van der Waals surface area contributed by atoms with E-state index in [9.17, 15) is 4.79 Å². The van der Waals surface area contributed by atoms with Crippen LogP contribution in [0.2, 0.25) is 0 Å². The minimum atomic E-state index is -0.0986. The Balaban J connectivity index is 0.00000144. The van der Waals surface area contributed by atoms with Gasteiger partial charge in [-0.1, -0.05) is 6.07 Å². The molecule has 0 atom stereocenters.